The highest BCUT2D eigenvalue weighted by molar-refractivity contribution is 7.89. The first-order chi connectivity index (χ1) is 13.0. The lowest BCUT2D eigenvalue weighted by Gasteiger charge is -2.23. The Morgan fingerprint density at radius 3 is 2.56 bits per heavy atom. The highest BCUT2D eigenvalue weighted by atomic mass is 35.5. The van der Waals surface area contributed by atoms with Crippen LogP contribution in [0.2, 0.25) is 5.02 Å². The number of hydrogen-bond acceptors (Lipinski definition) is 4. The lowest BCUT2D eigenvalue weighted by molar-refractivity contribution is 0.296. The third-order valence-corrected chi connectivity index (χ3v) is 6.90. The number of halogens is 2. The van der Waals surface area contributed by atoms with E-state index in [1.54, 1.807) is 12.1 Å². The van der Waals surface area contributed by atoms with Crippen LogP contribution in [0.25, 0.3) is 0 Å². The van der Waals surface area contributed by atoms with Gasteiger partial charge in [-0.3, -0.25) is 0 Å². The van der Waals surface area contributed by atoms with Crippen LogP contribution in [0.5, 0.6) is 11.5 Å². The topological polar surface area (TPSA) is 55.8 Å². The van der Waals surface area contributed by atoms with E-state index in [0.717, 1.165) is 19.3 Å². The predicted octanol–water partition coefficient (Wildman–Crippen LogP) is 3.99. The standard InChI is InChI=1S/C19H19ClFNO4S/c20-16-3-1-4-17(21)15(16)12-22(13-5-6-13)27(23,24)14-7-8-18-19(11-14)26-10-2-9-25-18/h1,3-4,7-8,11,13H,2,5-6,9-10,12H2. The molecular formula is C19H19ClFNO4S. The average Bonchev–Trinajstić information content (AvgIpc) is 3.47. The van der Waals surface area contributed by atoms with Gasteiger partial charge in [-0.25, -0.2) is 12.8 Å². The van der Waals surface area contributed by atoms with Gasteiger partial charge in [0.15, 0.2) is 11.5 Å². The van der Waals surface area contributed by atoms with Gasteiger partial charge in [-0.1, -0.05) is 17.7 Å². The van der Waals surface area contributed by atoms with Gasteiger partial charge in [-0.05, 0) is 37.1 Å². The highest BCUT2D eigenvalue weighted by Gasteiger charge is 2.39. The van der Waals surface area contributed by atoms with E-state index in [9.17, 15) is 12.8 Å². The predicted molar refractivity (Wildman–Crippen MR) is 99.2 cm³/mol. The van der Waals surface area contributed by atoms with Gasteiger partial charge in [0.05, 0.1) is 18.1 Å². The number of nitrogens with zero attached hydrogens (tertiary/aromatic N) is 1. The van der Waals surface area contributed by atoms with Gasteiger partial charge in [0.2, 0.25) is 10.0 Å². The van der Waals surface area contributed by atoms with Gasteiger partial charge in [-0.2, -0.15) is 4.31 Å². The molecule has 2 aliphatic rings. The Kier molecular flexibility index (Phi) is 5.01. The lowest BCUT2D eigenvalue weighted by atomic mass is 10.2. The summed E-state index contributed by atoms with van der Waals surface area (Å²) >= 11 is 6.11. The normalized spacial score (nSPS) is 17.0. The minimum Gasteiger partial charge on any atom is -0.490 e. The highest BCUT2D eigenvalue weighted by Crippen LogP contribution is 2.38. The molecule has 0 amide bonds. The molecule has 144 valence electrons. The Morgan fingerprint density at radius 2 is 1.85 bits per heavy atom. The fourth-order valence-electron chi connectivity index (χ4n) is 3.05. The van der Waals surface area contributed by atoms with E-state index >= 15 is 0 Å². The molecule has 2 aromatic carbocycles. The Labute approximate surface area is 162 Å². The van der Waals surface area contributed by atoms with Crippen LogP contribution in [-0.2, 0) is 16.6 Å². The molecule has 4 rings (SSSR count). The molecule has 2 aromatic rings. The number of rotatable bonds is 5. The van der Waals surface area contributed by atoms with Crippen LogP contribution < -0.4 is 9.47 Å². The average molecular weight is 412 g/mol. The molecule has 0 N–H and O–H groups in total. The summed E-state index contributed by atoms with van der Waals surface area (Å²) in [5.74, 6) is 0.428. The maximum Gasteiger partial charge on any atom is 0.243 e. The van der Waals surface area contributed by atoms with Crippen molar-refractivity contribution in [2.45, 2.75) is 36.7 Å². The van der Waals surface area contributed by atoms with Crippen molar-refractivity contribution in [1.29, 1.82) is 0 Å². The van der Waals surface area contributed by atoms with Crippen molar-refractivity contribution in [3.05, 3.63) is 52.8 Å². The minimum atomic E-state index is -3.84. The third-order valence-electron chi connectivity index (χ3n) is 4.66. The Hall–Kier alpha value is -1.83. The van der Waals surface area contributed by atoms with E-state index in [-0.39, 0.29) is 28.1 Å². The van der Waals surface area contributed by atoms with Crippen LogP contribution in [0.4, 0.5) is 4.39 Å². The van der Waals surface area contributed by atoms with Crippen molar-refractivity contribution in [1.82, 2.24) is 4.31 Å². The second kappa shape index (κ2) is 7.30. The smallest absolute Gasteiger partial charge is 0.243 e. The summed E-state index contributed by atoms with van der Waals surface area (Å²) in [6.45, 7) is 0.889. The van der Waals surface area contributed by atoms with Gasteiger partial charge in [-0.15, -0.1) is 0 Å². The molecule has 0 radical (unpaired) electrons. The SMILES string of the molecule is O=S(=O)(c1ccc2c(c1)OCCCO2)N(Cc1c(F)cccc1Cl)C1CC1. The molecule has 5 nitrogen and oxygen atoms in total. The molecule has 1 aliphatic carbocycles. The van der Waals surface area contributed by atoms with Crippen LogP contribution in [0.15, 0.2) is 41.3 Å². The first-order valence-electron chi connectivity index (χ1n) is 8.81. The van der Waals surface area contributed by atoms with Crippen molar-refractivity contribution >= 4 is 21.6 Å². The summed E-state index contributed by atoms with van der Waals surface area (Å²) in [4.78, 5) is 0.103. The van der Waals surface area contributed by atoms with Crippen molar-refractivity contribution in [3.8, 4) is 11.5 Å². The summed E-state index contributed by atoms with van der Waals surface area (Å²) in [6, 6.07) is 8.78. The van der Waals surface area contributed by atoms with Crippen LogP contribution >= 0.6 is 11.6 Å². The maximum absolute atomic E-state index is 14.2. The van der Waals surface area contributed by atoms with E-state index in [0.29, 0.717) is 24.7 Å². The number of hydrogen-bond donors (Lipinski definition) is 0. The van der Waals surface area contributed by atoms with E-state index in [1.165, 1.54) is 28.6 Å². The molecule has 0 spiro atoms. The van der Waals surface area contributed by atoms with Gasteiger partial charge in [0, 0.05) is 35.7 Å². The number of ether oxygens (including phenoxy) is 2. The number of sulfonamides is 1. The van der Waals surface area contributed by atoms with E-state index in [4.69, 9.17) is 21.1 Å². The largest absolute Gasteiger partial charge is 0.490 e. The zero-order chi connectivity index (χ0) is 19.0. The number of benzene rings is 2. The van der Waals surface area contributed by atoms with Crippen molar-refractivity contribution in [2.24, 2.45) is 0 Å². The molecule has 1 heterocycles. The Morgan fingerprint density at radius 1 is 1.11 bits per heavy atom. The van der Waals surface area contributed by atoms with Gasteiger partial charge in [0.1, 0.15) is 5.82 Å². The molecule has 1 saturated carbocycles. The molecule has 1 fully saturated rings. The quantitative estimate of drug-likeness (QED) is 0.746. The van der Waals surface area contributed by atoms with Crippen LogP contribution in [0.1, 0.15) is 24.8 Å². The summed E-state index contributed by atoms with van der Waals surface area (Å²) < 4.78 is 53.3. The van der Waals surface area contributed by atoms with Gasteiger partial charge in [0.25, 0.3) is 0 Å². The Balaban J connectivity index is 1.69. The Bertz CT molecular complexity index is 942. The third kappa shape index (κ3) is 3.77. The fourth-order valence-corrected chi connectivity index (χ4v) is 4.94. The fraction of sp³-hybridized carbons (Fsp3) is 0.368. The molecule has 0 unspecified atom stereocenters. The van der Waals surface area contributed by atoms with Crippen molar-refractivity contribution in [3.63, 3.8) is 0 Å². The zero-order valence-electron chi connectivity index (χ0n) is 14.5. The van der Waals surface area contributed by atoms with Crippen molar-refractivity contribution < 1.29 is 22.3 Å². The summed E-state index contributed by atoms with van der Waals surface area (Å²) in [5, 5.41) is 0.217. The first-order valence-corrected chi connectivity index (χ1v) is 10.6. The summed E-state index contributed by atoms with van der Waals surface area (Å²) in [6.07, 6.45) is 2.22. The molecule has 1 aliphatic heterocycles. The monoisotopic (exact) mass is 411 g/mol. The second-order valence-electron chi connectivity index (χ2n) is 6.64. The van der Waals surface area contributed by atoms with E-state index in [1.807, 2.05) is 0 Å². The minimum absolute atomic E-state index is 0.103. The van der Waals surface area contributed by atoms with Gasteiger partial charge < -0.3 is 9.47 Å². The maximum atomic E-state index is 14.2. The van der Waals surface area contributed by atoms with E-state index in [2.05, 4.69) is 0 Å². The molecule has 0 aromatic heterocycles. The molecular weight excluding hydrogens is 393 g/mol. The van der Waals surface area contributed by atoms with Crippen LogP contribution in [-0.4, -0.2) is 32.0 Å². The van der Waals surface area contributed by atoms with Crippen molar-refractivity contribution in [2.75, 3.05) is 13.2 Å². The van der Waals surface area contributed by atoms with E-state index < -0.39 is 15.8 Å². The van der Waals surface area contributed by atoms with Gasteiger partial charge >= 0.3 is 0 Å². The zero-order valence-corrected chi connectivity index (χ0v) is 16.1. The summed E-state index contributed by atoms with van der Waals surface area (Å²) in [5.41, 5.74) is 0.184. The van der Waals surface area contributed by atoms with Crippen LogP contribution in [0.3, 0.4) is 0 Å². The second-order valence-corrected chi connectivity index (χ2v) is 8.94. The molecule has 8 heteroatoms. The molecule has 0 bridgehead atoms. The number of fused-ring (bicyclic) bond motifs is 1. The molecule has 27 heavy (non-hydrogen) atoms. The lowest BCUT2D eigenvalue weighted by Crippen LogP contribution is -2.33. The molecule has 0 saturated heterocycles. The van der Waals surface area contributed by atoms with Crippen LogP contribution in [0, 0.1) is 5.82 Å². The first kappa shape index (κ1) is 18.5. The molecule has 0 atom stereocenters. The summed E-state index contributed by atoms with van der Waals surface area (Å²) in [7, 11) is -3.84.